The molecule has 2 aromatic rings. The molecular formula is C19H19ClN4O5. The molecule has 0 fully saturated rings. The molecule has 29 heavy (non-hydrogen) atoms. The van der Waals surface area contributed by atoms with Crippen molar-refractivity contribution in [3.63, 3.8) is 0 Å². The van der Waals surface area contributed by atoms with Crippen LogP contribution in [0.25, 0.3) is 0 Å². The third-order valence-electron chi connectivity index (χ3n) is 3.47. The van der Waals surface area contributed by atoms with Crippen molar-refractivity contribution < 1.29 is 23.9 Å². The number of amides is 3. The number of hydrazone groups is 1. The lowest BCUT2D eigenvalue weighted by Gasteiger charge is -2.11. The number of likely N-dealkylation sites (N-methyl/N-ethyl adjacent to an activating group) is 1. The number of methoxy groups -OCH3 is 1. The highest BCUT2D eigenvalue weighted by Gasteiger charge is 2.10. The number of hydrogen-bond acceptors (Lipinski definition) is 6. The highest BCUT2D eigenvalue weighted by atomic mass is 35.5. The molecule has 0 spiro atoms. The van der Waals surface area contributed by atoms with Gasteiger partial charge in [0.15, 0.2) is 18.1 Å². The normalized spacial score (nSPS) is 10.3. The SMILES string of the molecule is CNC(=O)C(=O)N/N=C\c1ccc(OCC(=O)Nc2cccc(Cl)c2)c(OC)c1. The molecule has 0 aliphatic heterocycles. The van der Waals surface area contributed by atoms with Gasteiger partial charge in [-0.2, -0.15) is 5.10 Å². The van der Waals surface area contributed by atoms with Crippen LogP contribution in [0.15, 0.2) is 47.6 Å². The predicted molar refractivity (Wildman–Crippen MR) is 108 cm³/mol. The van der Waals surface area contributed by atoms with Gasteiger partial charge in [0.2, 0.25) is 0 Å². The number of benzene rings is 2. The Morgan fingerprint density at radius 3 is 2.59 bits per heavy atom. The van der Waals surface area contributed by atoms with Crippen LogP contribution in [0.1, 0.15) is 5.56 Å². The minimum Gasteiger partial charge on any atom is -0.493 e. The fraction of sp³-hybridized carbons (Fsp3) is 0.158. The molecule has 10 heteroatoms. The van der Waals surface area contributed by atoms with Gasteiger partial charge in [-0.3, -0.25) is 14.4 Å². The zero-order chi connectivity index (χ0) is 21.2. The van der Waals surface area contributed by atoms with Crippen molar-refractivity contribution in [2.75, 3.05) is 26.1 Å². The summed E-state index contributed by atoms with van der Waals surface area (Å²) in [4.78, 5) is 34.4. The monoisotopic (exact) mass is 418 g/mol. The second-order valence-corrected chi connectivity index (χ2v) is 5.97. The van der Waals surface area contributed by atoms with Gasteiger partial charge in [0.05, 0.1) is 13.3 Å². The first kappa shape index (κ1) is 21.7. The molecule has 0 aliphatic rings. The molecule has 0 saturated heterocycles. The summed E-state index contributed by atoms with van der Waals surface area (Å²) in [6.07, 6.45) is 1.33. The number of carbonyl (C=O) groups is 3. The molecule has 0 atom stereocenters. The number of hydrogen-bond donors (Lipinski definition) is 3. The molecule has 9 nitrogen and oxygen atoms in total. The number of halogens is 1. The first-order valence-electron chi connectivity index (χ1n) is 8.34. The van der Waals surface area contributed by atoms with Crippen molar-refractivity contribution in [3.8, 4) is 11.5 Å². The van der Waals surface area contributed by atoms with Crippen molar-refractivity contribution in [3.05, 3.63) is 53.1 Å². The van der Waals surface area contributed by atoms with E-state index in [1.54, 1.807) is 42.5 Å². The minimum absolute atomic E-state index is 0.238. The van der Waals surface area contributed by atoms with E-state index in [1.165, 1.54) is 20.4 Å². The molecule has 0 heterocycles. The third kappa shape index (κ3) is 6.82. The van der Waals surface area contributed by atoms with Crippen molar-refractivity contribution >= 4 is 41.2 Å². The number of nitrogens with zero attached hydrogens (tertiary/aromatic N) is 1. The van der Waals surface area contributed by atoms with E-state index < -0.39 is 11.8 Å². The van der Waals surface area contributed by atoms with Crippen molar-refractivity contribution in [1.29, 1.82) is 0 Å². The van der Waals surface area contributed by atoms with E-state index in [4.69, 9.17) is 21.1 Å². The zero-order valence-corrected chi connectivity index (χ0v) is 16.4. The molecule has 0 radical (unpaired) electrons. The highest BCUT2D eigenvalue weighted by Crippen LogP contribution is 2.27. The fourth-order valence-corrected chi connectivity index (χ4v) is 2.31. The summed E-state index contributed by atoms with van der Waals surface area (Å²) in [5.41, 5.74) is 3.22. The number of nitrogens with one attached hydrogen (secondary N) is 3. The summed E-state index contributed by atoms with van der Waals surface area (Å²) in [5, 5.41) is 9.05. The lowest BCUT2D eigenvalue weighted by atomic mass is 10.2. The molecule has 0 saturated carbocycles. The van der Waals surface area contributed by atoms with Crippen LogP contribution in [-0.2, 0) is 14.4 Å². The molecule has 0 aromatic heterocycles. The second kappa shape index (κ2) is 10.7. The van der Waals surface area contributed by atoms with Crippen LogP contribution in [0.3, 0.4) is 0 Å². The van der Waals surface area contributed by atoms with Crippen LogP contribution in [0.5, 0.6) is 11.5 Å². The Morgan fingerprint density at radius 1 is 1.10 bits per heavy atom. The molecule has 2 rings (SSSR count). The summed E-state index contributed by atoms with van der Waals surface area (Å²) in [6.45, 7) is -0.238. The van der Waals surface area contributed by atoms with Crippen LogP contribution < -0.4 is 25.5 Å². The van der Waals surface area contributed by atoms with Gasteiger partial charge in [-0.1, -0.05) is 17.7 Å². The smallest absolute Gasteiger partial charge is 0.329 e. The average Bonchev–Trinajstić information content (AvgIpc) is 2.71. The predicted octanol–water partition coefficient (Wildman–Crippen LogP) is 1.56. The zero-order valence-electron chi connectivity index (χ0n) is 15.7. The second-order valence-electron chi connectivity index (χ2n) is 5.54. The molecule has 0 unspecified atom stereocenters. The Hall–Kier alpha value is -3.59. The van der Waals surface area contributed by atoms with Crippen LogP contribution >= 0.6 is 11.6 Å². The Balaban J connectivity index is 1.95. The molecule has 2 aromatic carbocycles. The third-order valence-corrected chi connectivity index (χ3v) is 3.70. The average molecular weight is 419 g/mol. The molecule has 0 aliphatic carbocycles. The van der Waals surface area contributed by atoms with Crippen LogP contribution in [0.2, 0.25) is 5.02 Å². The Bertz CT molecular complexity index is 933. The molecule has 152 valence electrons. The summed E-state index contributed by atoms with van der Waals surface area (Å²) in [5.74, 6) is -1.35. The number of ether oxygens (including phenoxy) is 2. The van der Waals surface area contributed by atoms with Gasteiger partial charge in [0.25, 0.3) is 5.91 Å². The highest BCUT2D eigenvalue weighted by molar-refractivity contribution is 6.35. The van der Waals surface area contributed by atoms with Gasteiger partial charge in [0.1, 0.15) is 0 Å². The summed E-state index contributed by atoms with van der Waals surface area (Å²) >= 11 is 5.88. The topological polar surface area (TPSA) is 118 Å². The Morgan fingerprint density at radius 2 is 1.90 bits per heavy atom. The first-order chi connectivity index (χ1) is 13.9. The fourth-order valence-electron chi connectivity index (χ4n) is 2.12. The molecule has 3 N–H and O–H groups in total. The summed E-state index contributed by atoms with van der Waals surface area (Å²) in [7, 11) is 2.78. The van der Waals surface area contributed by atoms with Gasteiger partial charge >= 0.3 is 11.8 Å². The van der Waals surface area contributed by atoms with E-state index in [1.807, 2.05) is 0 Å². The van der Waals surface area contributed by atoms with Gasteiger partial charge in [0, 0.05) is 17.8 Å². The van der Waals surface area contributed by atoms with Gasteiger partial charge in [-0.25, -0.2) is 5.43 Å². The lowest BCUT2D eigenvalue weighted by Crippen LogP contribution is -2.35. The van der Waals surface area contributed by atoms with Crippen LogP contribution in [0.4, 0.5) is 5.69 Å². The van der Waals surface area contributed by atoms with E-state index >= 15 is 0 Å². The minimum atomic E-state index is -0.888. The van der Waals surface area contributed by atoms with E-state index in [9.17, 15) is 14.4 Å². The first-order valence-corrected chi connectivity index (χ1v) is 8.72. The number of anilines is 1. The maximum Gasteiger partial charge on any atom is 0.329 e. The standard InChI is InChI=1S/C19H19ClN4O5/c1-21-18(26)19(27)24-22-10-12-6-7-15(16(8-12)28-2)29-11-17(25)23-14-5-3-4-13(20)9-14/h3-10H,11H2,1-2H3,(H,21,26)(H,23,25)(H,24,27)/b22-10-. The van der Waals surface area contributed by atoms with Crippen LogP contribution in [0, 0.1) is 0 Å². The maximum atomic E-state index is 12.0. The Kier molecular flexibility index (Phi) is 7.99. The largest absolute Gasteiger partial charge is 0.493 e. The summed E-state index contributed by atoms with van der Waals surface area (Å²) in [6, 6.07) is 11.6. The van der Waals surface area contributed by atoms with E-state index in [-0.39, 0.29) is 12.5 Å². The molecular weight excluding hydrogens is 400 g/mol. The van der Waals surface area contributed by atoms with Gasteiger partial charge in [-0.15, -0.1) is 0 Å². The van der Waals surface area contributed by atoms with Crippen molar-refractivity contribution in [1.82, 2.24) is 10.7 Å². The number of carbonyl (C=O) groups excluding carboxylic acids is 3. The van der Waals surface area contributed by atoms with E-state index in [0.29, 0.717) is 27.8 Å². The number of rotatable bonds is 7. The molecule has 0 bridgehead atoms. The van der Waals surface area contributed by atoms with Gasteiger partial charge < -0.3 is 20.1 Å². The van der Waals surface area contributed by atoms with E-state index in [0.717, 1.165) is 0 Å². The van der Waals surface area contributed by atoms with Crippen LogP contribution in [-0.4, -0.2) is 44.7 Å². The maximum absolute atomic E-state index is 12.0. The molecule has 3 amide bonds. The van der Waals surface area contributed by atoms with Crippen molar-refractivity contribution in [2.45, 2.75) is 0 Å². The summed E-state index contributed by atoms with van der Waals surface area (Å²) < 4.78 is 10.7. The quantitative estimate of drug-likeness (QED) is 0.358. The van der Waals surface area contributed by atoms with E-state index in [2.05, 4.69) is 21.2 Å². The van der Waals surface area contributed by atoms with Crippen molar-refractivity contribution in [2.24, 2.45) is 5.10 Å². The van der Waals surface area contributed by atoms with Gasteiger partial charge in [-0.05, 0) is 42.0 Å². The Labute approximate surface area is 172 Å². The lowest BCUT2D eigenvalue weighted by molar-refractivity contribution is -0.138.